The van der Waals surface area contributed by atoms with Gasteiger partial charge in [-0.25, -0.2) is 4.79 Å². The number of ether oxygens (including phenoxy) is 1. The lowest BCUT2D eigenvalue weighted by Crippen LogP contribution is -2.33. The van der Waals surface area contributed by atoms with Crippen molar-refractivity contribution in [3.05, 3.63) is 57.6 Å². The van der Waals surface area contributed by atoms with E-state index in [0.717, 1.165) is 24.0 Å². The number of cyclic esters (lactones) is 1. The maximum atomic E-state index is 12.9. The number of fused-ring (bicyclic) bond motifs is 1. The first-order valence-electron chi connectivity index (χ1n) is 11.1. The number of benzene rings is 1. The van der Waals surface area contributed by atoms with Crippen LogP contribution < -0.4 is 0 Å². The van der Waals surface area contributed by atoms with Crippen LogP contribution in [0.5, 0.6) is 0 Å². The van der Waals surface area contributed by atoms with Gasteiger partial charge in [-0.3, -0.25) is 4.79 Å². The molecule has 1 amide bonds. The Balaban J connectivity index is 2.39. The van der Waals surface area contributed by atoms with Crippen molar-refractivity contribution in [3.8, 4) is 0 Å². The molecule has 1 aliphatic heterocycles. The van der Waals surface area contributed by atoms with E-state index in [0.29, 0.717) is 48.0 Å². The molecule has 7 heteroatoms. The molecule has 0 N–H and O–H groups in total. The van der Waals surface area contributed by atoms with Crippen LogP contribution in [0, 0.1) is 13.8 Å². The average Bonchev–Trinajstić information content (AvgIpc) is 2.76. The van der Waals surface area contributed by atoms with E-state index < -0.39 is 5.97 Å². The second kappa shape index (κ2) is 13.1. The van der Waals surface area contributed by atoms with Gasteiger partial charge in [0.1, 0.15) is 0 Å². The second-order valence-electron chi connectivity index (χ2n) is 7.65. The first-order chi connectivity index (χ1) is 15.4. The van der Waals surface area contributed by atoms with Crippen LogP contribution in [-0.4, -0.2) is 48.8 Å². The number of likely N-dealkylation sites (N-methyl/N-ethyl adjacent to an activating group) is 1. The summed E-state index contributed by atoms with van der Waals surface area (Å²) in [6, 6.07) is 1.89. The minimum Gasteiger partial charge on any atom is -0.462 e. The van der Waals surface area contributed by atoms with Crippen LogP contribution >= 0.6 is 11.6 Å². The Morgan fingerprint density at radius 3 is 2.53 bits per heavy atom. The summed E-state index contributed by atoms with van der Waals surface area (Å²) in [7, 11) is 0. The molecule has 0 bridgehead atoms. The SMILES string of the molecule is CCN(CC)C(=O)CO/N=C1\C=CCC/C=C/CCOC(=O)c2c(C)cc(C)c(Cl)c2C1. The van der Waals surface area contributed by atoms with E-state index in [2.05, 4.69) is 11.2 Å². The van der Waals surface area contributed by atoms with Crippen molar-refractivity contribution < 1.29 is 19.2 Å². The predicted molar refractivity (Wildman–Crippen MR) is 128 cm³/mol. The summed E-state index contributed by atoms with van der Waals surface area (Å²) in [5.74, 6) is -0.520. The Morgan fingerprint density at radius 1 is 1.12 bits per heavy atom. The molecular weight excluding hydrogens is 428 g/mol. The Hall–Kier alpha value is -2.60. The van der Waals surface area contributed by atoms with Gasteiger partial charge in [0, 0.05) is 24.5 Å². The fraction of sp³-hybridized carbons (Fsp3) is 0.480. The van der Waals surface area contributed by atoms with Crippen molar-refractivity contribution in [1.82, 2.24) is 4.90 Å². The maximum Gasteiger partial charge on any atom is 0.338 e. The molecule has 6 nitrogen and oxygen atoms in total. The van der Waals surface area contributed by atoms with Crippen LogP contribution in [0.3, 0.4) is 0 Å². The predicted octanol–water partition coefficient (Wildman–Crippen LogP) is 5.19. The molecular formula is C25H33ClN2O4. The van der Waals surface area contributed by atoms with E-state index in [1.165, 1.54) is 0 Å². The number of carbonyl (C=O) groups is 2. The summed E-state index contributed by atoms with van der Waals surface area (Å²) in [5, 5.41) is 4.73. The number of oxime groups is 1. The van der Waals surface area contributed by atoms with Crippen molar-refractivity contribution in [3.63, 3.8) is 0 Å². The third-order valence-corrected chi connectivity index (χ3v) is 5.81. The number of hydrogen-bond acceptors (Lipinski definition) is 5. The van der Waals surface area contributed by atoms with Crippen molar-refractivity contribution in [2.75, 3.05) is 26.3 Å². The zero-order chi connectivity index (χ0) is 23.5. The lowest BCUT2D eigenvalue weighted by atomic mass is 9.94. The summed E-state index contributed by atoms with van der Waals surface area (Å²) >= 11 is 6.63. The molecule has 32 heavy (non-hydrogen) atoms. The number of rotatable bonds is 5. The average molecular weight is 461 g/mol. The van der Waals surface area contributed by atoms with Gasteiger partial charge < -0.3 is 14.5 Å². The lowest BCUT2D eigenvalue weighted by molar-refractivity contribution is -0.135. The molecule has 0 saturated heterocycles. The van der Waals surface area contributed by atoms with Gasteiger partial charge in [-0.2, -0.15) is 0 Å². The number of allylic oxidation sites excluding steroid dienone is 3. The van der Waals surface area contributed by atoms with Crippen molar-refractivity contribution >= 4 is 29.2 Å². The molecule has 1 heterocycles. The van der Waals surface area contributed by atoms with Crippen LogP contribution in [0.4, 0.5) is 0 Å². The summed E-state index contributed by atoms with van der Waals surface area (Å²) < 4.78 is 5.50. The topological polar surface area (TPSA) is 68.2 Å². The normalized spacial score (nSPS) is 17.3. The third kappa shape index (κ3) is 7.23. The quantitative estimate of drug-likeness (QED) is 0.344. The maximum absolute atomic E-state index is 12.9. The molecule has 174 valence electrons. The highest BCUT2D eigenvalue weighted by Crippen LogP contribution is 2.29. The first-order valence-corrected chi connectivity index (χ1v) is 11.5. The molecule has 0 spiro atoms. The number of esters is 1. The first kappa shape index (κ1) is 25.7. The molecule has 0 radical (unpaired) electrons. The number of amides is 1. The number of halogens is 1. The summed E-state index contributed by atoms with van der Waals surface area (Å²) in [6.45, 7) is 9.03. The Morgan fingerprint density at radius 2 is 1.81 bits per heavy atom. The van der Waals surface area contributed by atoms with Crippen LogP contribution in [0.25, 0.3) is 0 Å². The minimum absolute atomic E-state index is 0.122. The van der Waals surface area contributed by atoms with Crippen molar-refractivity contribution in [2.45, 2.75) is 53.4 Å². The van der Waals surface area contributed by atoms with Gasteiger partial charge in [-0.05, 0) is 69.7 Å². The Labute approximate surface area is 195 Å². The number of hydrogen-bond donors (Lipinski definition) is 0. The number of carbonyl (C=O) groups excluding carboxylic acids is 2. The van der Waals surface area contributed by atoms with Crippen LogP contribution in [0.1, 0.15) is 60.2 Å². The molecule has 2 rings (SSSR count). The minimum atomic E-state index is -0.397. The van der Waals surface area contributed by atoms with Gasteiger partial charge in [0.05, 0.1) is 17.9 Å². The van der Waals surface area contributed by atoms with Gasteiger partial charge in [-0.1, -0.05) is 41.1 Å². The van der Waals surface area contributed by atoms with E-state index in [1.54, 1.807) is 4.90 Å². The van der Waals surface area contributed by atoms with Gasteiger partial charge >= 0.3 is 5.97 Å². The molecule has 1 aliphatic rings. The number of aryl methyl sites for hydroxylation is 2. The van der Waals surface area contributed by atoms with E-state index in [9.17, 15) is 9.59 Å². The third-order valence-electron chi connectivity index (χ3n) is 5.28. The fourth-order valence-corrected chi connectivity index (χ4v) is 3.79. The summed E-state index contributed by atoms with van der Waals surface area (Å²) in [5.41, 5.74) is 3.38. The van der Waals surface area contributed by atoms with Crippen molar-refractivity contribution in [1.29, 1.82) is 0 Å². The largest absolute Gasteiger partial charge is 0.462 e. The molecule has 1 aromatic carbocycles. The van der Waals surface area contributed by atoms with E-state index >= 15 is 0 Å². The zero-order valence-electron chi connectivity index (χ0n) is 19.4. The second-order valence-corrected chi connectivity index (χ2v) is 8.03. The molecule has 0 aromatic heterocycles. The van der Waals surface area contributed by atoms with Crippen LogP contribution in [-0.2, 0) is 20.8 Å². The van der Waals surface area contributed by atoms with Crippen LogP contribution in [0.15, 0.2) is 35.5 Å². The molecule has 0 fully saturated rings. The highest BCUT2D eigenvalue weighted by Gasteiger charge is 2.22. The molecule has 1 aromatic rings. The highest BCUT2D eigenvalue weighted by atomic mass is 35.5. The number of nitrogens with zero attached hydrogens (tertiary/aromatic N) is 2. The summed E-state index contributed by atoms with van der Waals surface area (Å²) in [4.78, 5) is 32.2. The lowest BCUT2D eigenvalue weighted by Gasteiger charge is -2.18. The monoisotopic (exact) mass is 460 g/mol. The van der Waals surface area contributed by atoms with Gasteiger partial charge in [-0.15, -0.1) is 0 Å². The van der Waals surface area contributed by atoms with Crippen molar-refractivity contribution in [2.24, 2.45) is 5.16 Å². The molecule has 0 unspecified atom stereocenters. The fourth-order valence-electron chi connectivity index (χ4n) is 3.58. The molecule has 0 atom stereocenters. The highest BCUT2D eigenvalue weighted by molar-refractivity contribution is 6.33. The molecule has 0 saturated carbocycles. The standard InChI is InChI=1S/C25H33ClN2O4/c1-5-28(6-2)22(29)17-32-27-20-13-11-9-7-8-10-12-14-31-25(30)23-18(3)15-19(4)24(26)21(23)16-20/h8,10-11,13,15H,5-7,9,12,14,16-17H2,1-4H3/b10-8+,13-11?,27-20+. The van der Waals surface area contributed by atoms with Gasteiger partial charge in [0.2, 0.25) is 0 Å². The summed E-state index contributed by atoms with van der Waals surface area (Å²) in [6.07, 6.45) is 10.6. The van der Waals surface area contributed by atoms with Crippen LogP contribution in [0.2, 0.25) is 5.02 Å². The van der Waals surface area contributed by atoms with Gasteiger partial charge in [0.15, 0.2) is 6.61 Å². The zero-order valence-corrected chi connectivity index (χ0v) is 20.2. The smallest absolute Gasteiger partial charge is 0.338 e. The molecule has 0 aliphatic carbocycles. The van der Waals surface area contributed by atoms with Gasteiger partial charge in [0.25, 0.3) is 5.91 Å². The van der Waals surface area contributed by atoms with E-state index in [1.807, 2.05) is 52.0 Å². The Kier molecular flexibility index (Phi) is 10.5. The van der Waals surface area contributed by atoms with E-state index in [4.69, 9.17) is 21.2 Å². The van der Waals surface area contributed by atoms with E-state index in [-0.39, 0.29) is 18.9 Å². The Bertz CT molecular complexity index is 902.